The van der Waals surface area contributed by atoms with Crippen LogP contribution in [0.1, 0.15) is 27.8 Å². The molecule has 0 aliphatic heterocycles. The lowest BCUT2D eigenvalue weighted by molar-refractivity contribution is -0.119. The Labute approximate surface area is 129 Å². The number of Topliss-reactive ketones (excluding diaryl/α,β-unsaturated/α-hetero) is 1. The van der Waals surface area contributed by atoms with Gasteiger partial charge in [0.05, 0.1) is 5.69 Å². The molecule has 0 unspecified atom stereocenters. The number of anilines is 1. The summed E-state index contributed by atoms with van der Waals surface area (Å²) in [6.07, 6.45) is 1.33. The number of ether oxygens (including phenoxy) is 1. The molecule has 0 radical (unpaired) electrons. The first-order valence-corrected chi connectivity index (χ1v) is 6.48. The summed E-state index contributed by atoms with van der Waals surface area (Å²) in [5.41, 5.74) is -0.0621. The molecule has 1 aromatic carbocycles. The van der Waals surface area contributed by atoms with Crippen LogP contribution in [0.25, 0.3) is 0 Å². The number of hydrogen-bond donors (Lipinski definition) is 2. The molecule has 0 saturated heterocycles. The van der Waals surface area contributed by atoms with E-state index in [0.717, 1.165) is 18.2 Å². The lowest BCUT2D eigenvalue weighted by Gasteiger charge is -2.07. The standard InChI is InChI=1S/C15H12F2N2O4/c1-8(20)9-4-13(18-6-9)15(22)23-7-14(21)19-12-5-10(16)2-3-11(12)17/h2-6,18H,7H2,1H3,(H,19,21). The predicted molar refractivity (Wildman–Crippen MR) is 76.1 cm³/mol. The number of aromatic nitrogens is 1. The second kappa shape index (κ2) is 6.82. The fourth-order valence-electron chi connectivity index (χ4n) is 1.70. The molecule has 0 aliphatic carbocycles. The van der Waals surface area contributed by atoms with Crippen molar-refractivity contribution >= 4 is 23.3 Å². The van der Waals surface area contributed by atoms with E-state index in [9.17, 15) is 23.2 Å². The van der Waals surface area contributed by atoms with Crippen molar-refractivity contribution in [1.82, 2.24) is 4.98 Å². The number of nitrogens with one attached hydrogen (secondary N) is 2. The van der Waals surface area contributed by atoms with E-state index < -0.39 is 30.1 Å². The van der Waals surface area contributed by atoms with E-state index in [4.69, 9.17) is 4.74 Å². The molecule has 0 spiro atoms. The smallest absolute Gasteiger partial charge is 0.355 e. The lowest BCUT2D eigenvalue weighted by atomic mass is 10.2. The fraction of sp³-hybridized carbons (Fsp3) is 0.133. The van der Waals surface area contributed by atoms with Crippen molar-refractivity contribution in [3.8, 4) is 0 Å². The minimum absolute atomic E-state index is 0.0000592. The highest BCUT2D eigenvalue weighted by molar-refractivity contribution is 5.98. The van der Waals surface area contributed by atoms with E-state index in [-0.39, 0.29) is 17.2 Å². The minimum Gasteiger partial charge on any atom is -0.451 e. The first-order chi connectivity index (χ1) is 10.9. The van der Waals surface area contributed by atoms with Crippen LogP contribution >= 0.6 is 0 Å². The van der Waals surface area contributed by atoms with Gasteiger partial charge in [0.1, 0.15) is 17.3 Å². The molecule has 2 aromatic rings. The summed E-state index contributed by atoms with van der Waals surface area (Å²) in [7, 11) is 0. The molecule has 0 fully saturated rings. The first kappa shape index (κ1) is 16.3. The van der Waals surface area contributed by atoms with Gasteiger partial charge >= 0.3 is 5.97 Å². The van der Waals surface area contributed by atoms with Crippen LogP contribution in [0.4, 0.5) is 14.5 Å². The number of H-pyrrole nitrogens is 1. The molecule has 1 heterocycles. The van der Waals surface area contributed by atoms with Crippen LogP contribution in [0, 0.1) is 11.6 Å². The molecule has 2 N–H and O–H groups in total. The average molecular weight is 322 g/mol. The van der Waals surface area contributed by atoms with E-state index in [1.807, 2.05) is 0 Å². The maximum atomic E-state index is 13.3. The van der Waals surface area contributed by atoms with Crippen molar-refractivity contribution in [3.05, 3.63) is 53.4 Å². The van der Waals surface area contributed by atoms with Crippen LogP contribution in [0.5, 0.6) is 0 Å². The molecule has 8 heteroatoms. The topological polar surface area (TPSA) is 88.3 Å². The number of carbonyl (C=O) groups excluding carboxylic acids is 3. The molecule has 0 atom stereocenters. The Kier molecular flexibility index (Phi) is 4.85. The zero-order valence-electron chi connectivity index (χ0n) is 12.0. The quantitative estimate of drug-likeness (QED) is 0.653. The molecule has 2 rings (SSSR count). The highest BCUT2D eigenvalue weighted by Crippen LogP contribution is 2.15. The van der Waals surface area contributed by atoms with Gasteiger partial charge in [-0.2, -0.15) is 0 Å². The number of esters is 1. The molecular formula is C15H12F2N2O4. The molecule has 1 aromatic heterocycles. The van der Waals surface area contributed by atoms with Crippen LogP contribution in [-0.4, -0.2) is 29.3 Å². The highest BCUT2D eigenvalue weighted by atomic mass is 19.1. The Balaban J connectivity index is 1.92. The second-order valence-corrected chi connectivity index (χ2v) is 4.61. The molecule has 1 amide bonds. The molecular weight excluding hydrogens is 310 g/mol. The van der Waals surface area contributed by atoms with Gasteiger partial charge in [-0.05, 0) is 25.1 Å². The number of rotatable bonds is 5. The number of halogens is 2. The van der Waals surface area contributed by atoms with Crippen molar-refractivity contribution in [2.24, 2.45) is 0 Å². The Hall–Kier alpha value is -3.03. The molecule has 6 nitrogen and oxygen atoms in total. The predicted octanol–water partition coefficient (Wildman–Crippen LogP) is 2.29. The Bertz CT molecular complexity index is 771. The monoisotopic (exact) mass is 322 g/mol. The number of benzene rings is 1. The van der Waals surface area contributed by atoms with Gasteiger partial charge < -0.3 is 15.0 Å². The summed E-state index contributed by atoms with van der Waals surface area (Å²) in [4.78, 5) is 36.9. The van der Waals surface area contributed by atoms with Crippen LogP contribution in [-0.2, 0) is 9.53 Å². The van der Waals surface area contributed by atoms with Crippen molar-refractivity contribution in [2.45, 2.75) is 6.92 Å². The van der Waals surface area contributed by atoms with Gasteiger partial charge in [0, 0.05) is 17.8 Å². The van der Waals surface area contributed by atoms with Gasteiger partial charge in [-0.15, -0.1) is 0 Å². The molecule has 0 bridgehead atoms. The first-order valence-electron chi connectivity index (χ1n) is 6.48. The second-order valence-electron chi connectivity index (χ2n) is 4.61. The average Bonchev–Trinajstić information content (AvgIpc) is 2.99. The summed E-state index contributed by atoms with van der Waals surface area (Å²) in [5, 5.41) is 2.09. The Morgan fingerprint density at radius 1 is 1.22 bits per heavy atom. The van der Waals surface area contributed by atoms with Gasteiger partial charge in [0.25, 0.3) is 5.91 Å². The number of ketones is 1. The normalized spacial score (nSPS) is 10.2. The zero-order chi connectivity index (χ0) is 17.0. The molecule has 23 heavy (non-hydrogen) atoms. The van der Waals surface area contributed by atoms with Crippen LogP contribution in [0.3, 0.4) is 0 Å². The number of aromatic amines is 1. The van der Waals surface area contributed by atoms with E-state index in [0.29, 0.717) is 5.56 Å². The number of carbonyl (C=O) groups is 3. The highest BCUT2D eigenvalue weighted by Gasteiger charge is 2.15. The van der Waals surface area contributed by atoms with Crippen molar-refractivity contribution in [3.63, 3.8) is 0 Å². The number of amides is 1. The maximum Gasteiger partial charge on any atom is 0.355 e. The zero-order valence-corrected chi connectivity index (χ0v) is 12.0. The molecule has 0 saturated carbocycles. The summed E-state index contributed by atoms with van der Waals surface area (Å²) in [6, 6.07) is 3.86. The van der Waals surface area contributed by atoms with Gasteiger partial charge in [0.15, 0.2) is 12.4 Å². The summed E-state index contributed by atoms with van der Waals surface area (Å²) in [6.45, 7) is 0.641. The van der Waals surface area contributed by atoms with Crippen molar-refractivity contribution < 1.29 is 27.9 Å². The van der Waals surface area contributed by atoms with Gasteiger partial charge in [-0.3, -0.25) is 9.59 Å². The van der Waals surface area contributed by atoms with Crippen LogP contribution in [0.2, 0.25) is 0 Å². The van der Waals surface area contributed by atoms with Crippen molar-refractivity contribution in [2.75, 3.05) is 11.9 Å². The van der Waals surface area contributed by atoms with Crippen LogP contribution < -0.4 is 5.32 Å². The van der Waals surface area contributed by atoms with E-state index in [1.54, 1.807) is 0 Å². The number of hydrogen-bond acceptors (Lipinski definition) is 4. The molecule has 0 aliphatic rings. The van der Waals surface area contributed by atoms with Gasteiger partial charge in [-0.25, -0.2) is 13.6 Å². The fourth-order valence-corrected chi connectivity index (χ4v) is 1.70. The van der Waals surface area contributed by atoms with E-state index in [2.05, 4.69) is 10.3 Å². The third kappa shape index (κ3) is 4.22. The maximum absolute atomic E-state index is 13.3. The Morgan fingerprint density at radius 3 is 2.61 bits per heavy atom. The van der Waals surface area contributed by atoms with E-state index in [1.165, 1.54) is 19.2 Å². The summed E-state index contributed by atoms with van der Waals surface area (Å²) < 4.78 is 31.0. The minimum atomic E-state index is -0.854. The van der Waals surface area contributed by atoms with Gasteiger partial charge in [0.2, 0.25) is 0 Å². The van der Waals surface area contributed by atoms with Crippen molar-refractivity contribution in [1.29, 1.82) is 0 Å². The van der Waals surface area contributed by atoms with Gasteiger partial charge in [-0.1, -0.05) is 0 Å². The lowest BCUT2D eigenvalue weighted by Crippen LogP contribution is -2.21. The van der Waals surface area contributed by atoms with E-state index >= 15 is 0 Å². The molecule has 120 valence electrons. The summed E-state index contributed by atoms with van der Waals surface area (Å²) >= 11 is 0. The SMILES string of the molecule is CC(=O)c1c[nH]c(C(=O)OCC(=O)Nc2cc(F)ccc2F)c1. The summed E-state index contributed by atoms with van der Waals surface area (Å²) in [5.74, 6) is -3.46. The largest absolute Gasteiger partial charge is 0.451 e. The Morgan fingerprint density at radius 2 is 1.96 bits per heavy atom. The van der Waals surface area contributed by atoms with Crippen LogP contribution in [0.15, 0.2) is 30.5 Å². The third-order valence-electron chi connectivity index (χ3n) is 2.85. The third-order valence-corrected chi connectivity index (χ3v) is 2.85.